The molecule has 2 rings (SSSR count). The highest BCUT2D eigenvalue weighted by molar-refractivity contribution is 6.31. The number of hydrazone groups is 1. The summed E-state index contributed by atoms with van der Waals surface area (Å²) >= 11 is 6.03. The second-order valence-corrected chi connectivity index (χ2v) is 6.14. The van der Waals surface area contributed by atoms with Gasteiger partial charge in [0.15, 0.2) is 0 Å². The number of nitrogens with one attached hydrogen (secondary N) is 2. The van der Waals surface area contributed by atoms with Crippen LogP contribution in [0.2, 0.25) is 5.02 Å². The van der Waals surface area contributed by atoms with Crippen LogP contribution in [0.1, 0.15) is 24.5 Å². The van der Waals surface area contributed by atoms with Gasteiger partial charge in [0.2, 0.25) is 11.8 Å². The summed E-state index contributed by atoms with van der Waals surface area (Å²) < 4.78 is 0. The molecule has 5 nitrogen and oxygen atoms in total. The van der Waals surface area contributed by atoms with Gasteiger partial charge in [-0.25, -0.2) is 5.43 Å². The Kier molecular flexibility index (Phi) is 6.71. The molecule has 25 heavy (non-hydrogen) atoms. The minimum atomic E-state index is -0.226. The molecule has 0 radical (unpaired) electrons. The largest absolute Gasteiger partial charge is 0.326 e. The van der Waals surface area contributed by atoms with E-state index in [1.165, 1.54) is 0 Å². The van der Waals surface area contributed by atoms with E-state index in [1.807, 2.05) is 43.3 Å². The zero-order valence-corrected chi connectivity index (χ0v) is 14.9. The zero-order valence-electron chi connectivity index (χ0n) is 14.2. The summed E-state index contributed by atoms with van der Waals surface area (Å²) in [5.41, 5.74) is 5.45. The average Bonchev–Trinajstić information content (AvgIpc) is 2.57. The molecular weight excluding hydrogens is 338 g/mol. The van der Waals surface area contributed by atoms with E-state index >= 15 is 0 Å². The first-order valence-corrected chi connectivity index (χ1v) is 8.24. The Bertz CT molecular complexity index is 789. The molecule has 0 bridgehead atoms. The number of rotatable bonds is 6. The van der Waals surface area contributed by atoms with Gasteiger partial charge >= 0.3 is 0 Å². The van der Waals surface area contributed by atoms with Gasteiger partial charge in [-0.1, -0.05) is 48.0 Å². The second kappa shape index (κ2) is 8.99. The van der Waals surface area contributed by atoms with Gasteiger partial charge in [-0.2, -0.15) is 5.10 Å². The molecule has 2 aromatic rings. The summed E-state index contributed by atoms with van der Waals surface area (Å²) in [6.07, 6.45) is 0.322. The summed E-state index contributed by atoms with van der Waals surface area (Å²) in [7, 11) is 0. The molecule has 2 N–H and O–H groups in total. The van der Waals surface area contributed by atoms with Crippen molar-refractivity contribution in [2.24, 2.45) is 5.10 Å². The number of benzene rings is 2. The van der Waals surface area contributed by atoms with Crippen LogP contribution in [0.4, 0.5) is 5.69 Å². The van der Waals surface area contributed by atoms with Crippen molar-refractivity contribution in [3.8, 4) is 0 Å². The van der Waals surface area contributed by atoms with Gasteiger partial charge in [-0.3, -0.25) is 9.59 Å². The molecule has 0 saturated carbocycles. The Hall–Kier alpha value is -2.66. The lowest BCUT2D eigenvalue weighted by molar-refractivity contribution is -0.120. The van der Waals surface area contributed by atoms with E-state index in [9.17, 15) is 9.59 Å². The van der Waals surface area contributed by atoms with Gasteiger partial charge in [-0.15, -0.1) is 0 Å². The van der Waals surface area contributed by atoms with Crippen molar-refractivity contribution in [1.82, 2.24) is 5.43 Å². The fraction of sp³-hybridized carbons (Fsp3) is 0.211. The number of carbonyl (C=O) groups is 2. The number of nitrogens with zero attached hydrogens (tertiary/aromatic N) is 1. The number of anilines is 1. The Morgan fingerprint density at radius 3 is 2.48 bits per heavy atom. The first-order chi connectivity index (χ1) is 11.9. The molecule has 0 fully saturated rings. The fourth-order valence-corrected chi connectivity index (χ4v) is 2.31. The van der Waals surface area contributed by atoms with Gasteiger partial charge in [0, 0.05) is 16.4 Å². The highest BCUT2D eigenvalue weighted by Crippen LogP contribution is 2.20. The quantitative estimate of drug-likeness (QED) is 0.611. The first-order valence-electron chi connectivity index (χ1n) is 7.86. The highest BCUT2D eigenvalue weighted by atomic mass is 35.5. The van der Waals surface area contributed by atoms with Crippen molar-refractivity contribution >= 4 is 34.8 Å². The van der Waals surface area contributed by atoms with Gasteiger partial charge in [0.05, 0.1) is 12.8 Å². The summed E-state index contributed by atoms with van der Waals surface area (Å²) in [4.78, 5) is 23.8. The smallest absolute Gasteiger partial charge is 0.244 e. The molecule has 6 heteroatoms. The summed E-state index contributed by atoms with van der Waals surface area (Å²) in [6.45, 7) is 3.58. The van der Waals surface area contributed by atoms with E-state index in [4.69, 9.17) is 11.6 Å². The van der Waals surface area contributed by atoms with E-state index < -0.39 is 0 Å². The van der Waals surface area contributed by atoms with Gasteiger partial charge in [0.25, 0.3) is 0 Å². The number of hydrogen-bond donors (Lipinski definition) is 2. The Balaban J connectivity index is 1.82. The third kappa shape index (κ3) is 6.39. The third-order valence-electron chi connectivity index (χ3n) is 3.45. The standard InChI is InChI=1S/C19H20ClN3O2/c1-13-8-9-16(12-17(13)20)21-18(24)10-14(2)22-23-19(25)11-15-6-4-3-5-7-15/h3-9,12H,10-11H2,1-2H3,(H,21,24)(H,23,25). The number of hydrogen-bond acceptors (Lipinski definition) is 3. The van der Waals surface area contributed by atoms with Gasteiger partial charge in [-0.05, 0) is 37.1 Å². The monoisotopic (exact) mass is 357 g/mol. The van der Waals surface area contributed by atoms with E-state index in [0.717, 1.165) is 11.1 Å². The Labute approximate surface area is 152 Å². The molecule has 2 aromatic carbocycles. The predicted octanol–water partition coefficient (Wildman–Crippen LogP) is 3.71. The molecule has 0 spiro atoms. The van der Waals surface area contributed by atoms with Crippen molar-refractivity contribution in [2.75, 3.05) is 5.32 Å². The molecule has 0 unspecified atom stereocenters. The highest BCUT2D eigenvalue weighted by Gasteiger charge is 2.07. The molecule has 0 aliphatic carbocycles. The number of aryl methyl sites for hydroxylation is 1. The lowest BCUT2D eigenvalue weighted by Gasteiger charge is -2.07. The average molecular weight is 358 g/mol. The Morgan fingerprint density at radius 2 is 1.80 bits per heavy atom. The summed E-state index contributed by atoms with van der Waals surface area (Å²) in [5, 5.41) is 7.31. The third-order valence-corrected chi connectivity index (χ3v) is 3.86. The van der Waals surface area contributed by atoms with Crippen molar-refractivity contribution < 1.29 is 9.59 Å². The molecule has 0 heterocycles. The topological polar surface area (TPSA) is 70.6 Å². The predicted molar refractivity (Wildman–Crippen MR) is 101 cm³/mol. The molecule has 130 valence electrons. The minimum Gasteiger partial charge on any atom is -0.326 e. The molecule has 0 aliphatic heterocycles. The van der Waals surface area contributed by atoms with Gasteiger partial charge < -0.3 is 5.32 Å². The number of amides is 2. The lowest BCUT2D eigenvalue weighted by atomic mass is 10.1. The second-order valence-electron chi connectivity index (χ2n) is 5.73. The minimum absolute atomic E-state index is 0.0805. The van der Waals surface area contributed by atoms with Crippen LogP contribution in [-0.2, 0) is 16.0 Å². The van der Waals surface area contributed by atoms with Crippen LogP contribution in [0, 0.1) is 6.92 Å². The maximum absolute atomic E-state index is 12.0. The molecule has 2 amide bonds. The van der Waals surface area contributed by atoms with Crippen LogP contribution in [0.5, 0.6) is 0 Å². The fourth-order valence-electron chi connectivity index (χ4n) is 2.13. The lowest BCUT2D eigenvalue weighted by Crippen LogP contribution is -2.22. The molecular formula is C19H20ClN3O2. The first kappa shape index (κ1) is 18.7. The molecule has 0 aliphatic rings. The molecule has 0 atom stereocenters. The maximum atomic E-state index is 12.0. The van der Waals surface area contributed by atoms with Crippen LogP contribution < -0.4 is 10.7 Å². The molecule has 0 saturated heterocycles. The number of halogens is 1. The SMILES string of the molecule is CC(CC(=O)Nc1ccc(C)c(Cl)c1)=NNC(=O)Cc1ccccc1. The van der Waals surface area contributed by atoms with Crippen LogP contribution in [0.3, 0.4) is 0 Å². The van der Waals surface area contributed by atoms with Crippen LogP contribution in [0.25, 0.3) is 0 Å². The maximum Gasteiger partial charge on any atom is 0.244 e. The van der Waals surface area contributed by atoms with Crippen molar-refractivity contribution in [3.05, 3.63) is 64.7 Å². The zero-order chi connectivity index (χ0) is 18.2. The van der Waals surface area contributed by atoms with Crippen molar-refractivity contribution in [2.45, 2.75) is 26.7 Å². The van der Waals surface area contributed by atoms with E-state index in [-0.39, 0.29) is 24.7 Å². The normalized spacial score (nSPS) is 11.1. The van der Waals surface area contributed by atoms with Crippen LogP contribution >= 0.6 is 11.6 Å². The summed E-state index contributed by atoms with van der Waals surface area (Å²) in [5.74, 6) is -0.449. The van der Waals surface area contributed by atoms with Crippen molar-refractivity contribution in [1.29, 1.82) is 0 Å². The number of carbonyl (C=O) groups excluding carboxylic acids is 2. The molecule has 0 aromatic heterocycles. The Morgan fingerprint density at radius 1 is 1.08 bits per heavy atom. The van der Waals surface area contributed by atoms with Crippen LogP contribution in [0.15, 0.2) is 53.6 Å². The van der Waals surface area contributed by atoms with Crippen molar-refractivity contribution in [3.63, 3.8) is 0 Å². The van der Waals surface area contributed by atoms with E-state index in [2.05, 4.69) is 15.8 Å². The van der Waals surface area contributed by atoms with Crippen LogP contribution in [-0.4, -0.2) is 17.5 Å². The van der Waals surface area contributed by atoms with Gasteiger partial charge in [0.1, 0.15) is 0 Å². The summed E-state index contributed by atoms with van der Waals surface area (Å²) in [6, 6.07) is 14.7. The van der Waals surface area contributed by atoms with E-state index in [1.54, 1.807) is 19.1 Å². The van der Waals surface area contributed by atoms with E-state index in [0.29, 0.717) is 16.4 Å².